The van der Waals surface area contributed by atoms with Crippen molar-refractivity contribution < 1.29 is 14.6 Å². The Kier molecular flexibility index (Phi) is 7.14. The second-order valence-electron chi connectivity index (χ2n) is 7.67. The molecule has 1 heterocycles. The summed E-state index contributed by atoms with van der Waals surface area (Å²) >= 11 is 1.69. The Morgan fingerprint density at radius 1 is 1.00 bits per heavy atom. The molecule has 6 heteroatoms. The van der Waals surface area contributed by atoms with Crippen LogP contribution in [0, 0.1) is 0 Å². The number of hydrogen-bond donors (Lipinski definition) is 3. The van der Waals surface area contributed by atoms with Crippen LogP contribution < -0.4 is 5.73 Å². The molecule has 2 aromatic carbocycles. The topological polar surface area (TPSA) is 92.5 Å². The zero-order chi connectivity index (χ0) is 20.9. The largest absolute Gasteiger partial charge is 0.448 e. The number of aliphatic hydroxyl groups is 2. The molecule has 0 aliphatic heterocycles. The van der Waals surface area contributed by atoms with Crippen LogP contribution in [-0.4, -0.2) is 33.9 Å². The van der Waals surface area contributed by atoms with Crippen molar-refractivity contribution in [2.45, 2.75) is 47.9 Å². The Labute approximate surface area is 176 Å². The molecule has 0 aliphatic rings. The summed E-state index contributed by atoms with van der Waals surface area (Å²) in [6.45, 7) is 3.68. The van der Waals surface area contributed by atoms with Gasteiger partial charge in [-0.05, 0) is 42.7 Å². The Bertz CT molecular complexity index is 901. The van der Waals surface area contributed by atoms with E-state index in [0.29, 0.717) is 12.8 Å². The number of benzene rings is 2. The normalized spacial score (nSPS) is 11.9. The van der Waals surface area contributed by atoms with Gasteiger partial charge in [0.15, 0.2) is 5.89 Å². The molecule has 0 amide bonds. The highest BCUT2D eigenvalue weighted by molar-refractivity contribution is 7.99. The molecule has 0 bridgehead atoms. The van der Waals surface area contributed by atoms with Crippen molar-refractivity contribution in [2.24, 2.45) is 5.73 Å². The molecule has 154 valence electrons. The van der Waals surface area contributed by atoms with E-state index in [2.05, 4.69) is 67.4 Å². The molecule has 0 unspecified atom stereocenters. The Morgan fingerprint density at radius 2 is 1.59 bits per heavy atom. The maximum Gasteiger partial charge on any atom is 0.197 e. The van der Waals surface area contributed by atoms with Crippen LogP contribution in [0.4, 0.5) is 0 Å². The van der Waals surface area contributed by atoms with Gasteiger partial charge < -0.3 is 20.4 Å². The second-order valence-corrected chi connectivity index (χ2v) is 8.82. The molecule has 3 rings (SSSR count). The third-order valence-electron chi connectivity index (χ3n) is 4.87. The molecule has 29 heavy (non-hydrogen) atoms. The molecule has 1 aromatic heterocycles. The lowest BCUT2D eigenvalue weighted by Crippen LogP contribution is -2.47. The van der Waals surface area contributed by atoms with Crippen LogP contribution >= 0.6 is 11.8 Å². The molecule has 0 atom stereocenters. The van der Waals surface area contributed by atoms with E-state index in [4.69, 9.17) is 10.2 Å². The zero-order valence-corrected chi connectivity index (χ0v) is 17.7. The summed E-state index contributed by atoms with van der Waals surface area (Å²) in [6.07, 6.45) is 2.96. The number of oxazole rings is 1. The number of aliphatic hydroxyl groups excluding tert-OH is 2. The van der Waals surface area contributed by atoms with Crippen LogP contribution in [0.2, 0.25) is 0 Å². The van der Waals surface area contributed by atoms with Crippen molar-refractivity contribution in [1.29, 1.82) is 0 Å². The SMILES string of the molecule is CC(C)c1nc(-c2ccc(Sc3ccc(CCC(N)(CO)CO)cc3)cc2)co1. The third kappa shape index (κ3) is 5.70. The standard InChI is InChI=1S/C23H28N2O3S/c1-16(2)22-25-21(13-28-22)18-5-9-20(10-6-18)29-19-7-3-17(4-8-19)11-12-23(24,14-26)15-27/h3-10,13,16,26-27H,11-12,14-15,24H2,1-2H3. The Morgan fingerprint density at radius 3 is 2.10 bits per heavy atom. The number of hydrogen-bond acceptors (Lipinski definition) is 6. The van der Waals surface area contributed by atoms with Gasteiger partial charge in [0.05, 0.1) is 18.8 Å². The number of rotatable bonds is 9. The zero-order valence-electron chi connectivity index (χ0n) is 16.8. The first kappa shape index (κ1) is 21.6. The van der Waals surface area contributed by atoms with Gasteiger partial charge in [-0.15, -0.1) is 0 Å². The van der Waals surface area contributed by atoms with Gasteiger partial charge >= 0.3 is 0 Å². The fourth-order valence-corrected chi connectivity index (χ4v) is 3.66. The summed E-state index contributed by atoms with van der Waals surface area (Å²) in [7, 11) is 0. The van der Waals surface area contributed by atoms with Gasteiger partial charge in [-0.1, -0.05) is 49.9 Å². The highest BCUT2D eigenvalue weighted by atomic mass is 32.2. The summed E-state index contributed by atoms with van der Waals surface area (Å²) in [5, 5.41) is 18.6. The van der Waals surface area contributed by atoms with Gasteiger partial charge in [0.2, 0.25) is 0 Å². The lowest BCUT2D eigenvalue weighted by molar-refractivity contribution is 0.115. The first-order valence-corrected chi connectivity index (χ1v) is 10.6. The summed E-state index contributed by atoms with van der Waals surface area (Å²) in [6, 6.07) is 16.6. The van der Waals surface area contributed by atoms with Gasteiger partial charge in [0, 0.05) is 21.3 Å². The minimum atomic E-state index is -0.922. The van der Waals surface area contributed by atoms with Crippen LogP contribution in [0.15, 0.2) is 69.0 Å². The van der Waals surface area contributed by atoms with E-state index in [1.54, 1.807) is 18.0 Å². The predicted octanol–water partition coefficient (Wildman–Crippen LogP) is 4.23. The minimum Gasteiger partial charge on any atom is -0.448 e. The molecule has 0 saturated carbocycles. The molecule has 0 aliphatic carbocycles. The van der Waals surface area contributed by atoms with Crippen molar-refractivity contribution in [3.05, 3.63) is 66.2 Å². The van der Waals surface area contributed by atoms with Crippen molar-refractivity contribution in [2.75, 3.05) is 13.2 Å². The molecule has 5 nitrogen and oxygen atoms in total. The van der Waals surface area contributed by atoms with E-state index >= 15 is 0 Å². The fraction of sp³-hybridized carbons (Fsp3) is 0.348. The average Bonchev–Trinajstić information content (AvgIpc) is 3.24. The van der Waals surface area contributed by atoms with E-state index < -0.39 is 5.54 Å². The van der Waals surface area contributed by atoms with E-state index in [9.17, 15) is 10.2 Å². The predicted molar refractivity (Wildman–Crippen MR) is 116 cm³/mol. The van der Waals surface area contributed by atoms with E-state index in [-0.39, 0.29) is 19.1 Å². The van der Waals surface area contributed by atoms with Gasteiger partial charge in [-0.25, -0.2) is 4.98 Å². The van der Waals surface area contributed by atoms with Crippen molar-refractivity contribution in [3.63, 3.8) is 0 Å². The van der Waals surface area contributed by atoms with Crippen LogP contribution in [-0.2, 0) is 6.42 Å². The van der Waals surface area contributed by atoms with Gasteiger partial charge in [-0.2, -0.15) is 0 Å². The van der Waals surface area contributed by atoms with E-state index in [1.165, 1.54) is 0 Å². The Balaban J connectivity index is 1.60. The molecule has 4 N–H and O–H groups in total. The fourth-order valence-electron chi connectivity index (χ4n) is 2.84. The van der Waals surface area contributed by atoms with Crippen LogP contribution in [0.5, 0.6) is 0 Å². The monoisotopic (exact) mass is 412 g/mol. The van der Waals surface area contributed by atoms with E-state index in [1.807, 2.05) is 0 Å². The molecule has 3 aromatic rings. The van der Waals surface area contributed by atoms with Crippen molar-refractivity contribution >= 4 is 11.8 Å². The van der Waals surface area contributed by atoms with Gasteiger partial charge in [-0.3, -0.25) is 0 Å². The minimum absolute atomic E-state index is 0.222. The molecule has 0 saturated heterocycles. The summed E-state index contributed by atoms with van der Waals surface area (Å²) in [4.78, 5) is 6.83. The van der Waals surface area contributed by atoms with Gasteiger partial charge in [0.1, 0.15) is 12.0 Å². The number of nitrogens with two attached hydrogens (primary N) is 1. The Hall–Kier alpha value is -2.12. The van der Waals surface area contributed by atoms with Crippen molar-refractivity contribution in [1.82, 2.24) is 4.98 Å². The van der Waals surface area contributed by atoms with E-state index in [0.717, 1.165) is 32.5 Å². The highest BCUT2D eigenvalue weighted by Crippen LogP contribution is 2.30. The molecular weight excluding hydrogens is 384 g/mol. The maximum absolute atomic E-state index is 9.29. The number of aromatic nitrogens is 1. The summed E-state index contributed by atoms with van der Waals surface area (Å²) in [5.74, 6) is 1.03. The molecular formula is C23H28N2O3S. The summed E-state index contributed by atoms with van der Waals surface area (Å²) < 4.78 is 5.52. The second kappa shape index (κ2) is 9.59. The molecule has 0 radical (unpaired) electrons. The highest BCUT2D eigenvalue weighted by Gasteiger charge is 2.22. The average molecular weight is 413 g/mol. The molecule has 0 fully saturated rings. The van der Waals surface area contributed by atoms with Crippen molar-refractivity contribution in [3.8, 4) is 11.3 Å². The number of aryl methyl sites for hydroxylation is 1. The third-order valence-corrected chi connectivity index (χ3v) is 5.88. The summed E-state index contributed by atoms with van der Waals surface area (Å²) in [5.41, 5.74) is 8.04. The lowest BCUT2D eigenvalue weighted by Gasteiger charge is -2.24. The lowest BCUT2D eigenvalue weighted by atomic mass is 9.94. The number of nitrogens with zero attached hydrogens (tertiary/aromatic N) is 1. The van der Waals surface area contributed by atoms with Crippen LogP contribution in [0.25, 0.3) is 11.3 Å². The van der Waals surface area contributed by atoms with Crippen LogP contribution in [0.3, 0.4) is 0 Å². The smallest absolute Gasteiger partial charge is 0.197 e. The first-order chi connectivity index (χ1) is 13.9. The van der Waals surface area contributed by atoms with Crippen LogP contribution in [0.1, 0.15) is 37.6 Å². The quantitative estimate of drug-likeness (QED) is 0.487. The first-order valence-electron chi connectivity index (χ1n) is 9.76. The maximum atomic E-state index is 9.29. The molecule has 0 spiro atoms. The van der Waals surface area contributed by atoms with Gasteiger partial charge in [0.25, 0.3) is 0 Å².